The standard InChI is InChI=1S/C23H19FN2/c24-20-12-7-13-22(16-20)26-23(19-10-5-2-6-11-19)17-21(25-26)15-14-18-8-3-1-4-9-18/h1-16,23H,17H2/b15-14+. The van der Waals surface area contributed by atoms with Crippen LogP contribution < -0.4 is 5.01 Å². The van der Waals surface area contributed by atoms with E-state index < -0.39 is 0 Å². The second-order valence-electron chi connectivity index (χ2n) is 6.29. The van der Waals surface area contributed by atoms with E-state index in [4.69, 9.17) is 5.10 Å². The molecule has 1 heterocycles. The number of halogens is 1. The molecule has 0 fully saturated rings. The summed E-state index contributed by atoms with van der Waals surface area (Å²) in [6, 6.07) is 27.1. The van der Waals surface area contributed by atoms with Crippen LogP contribution in [0.25, 0.3) is 6.08 Å². The molecule has 0 spiro atoms. The van der Waals surface area contributed by atoms with Gasteiger partial charge in [-0.2, -0.15) is 5.10 Å². The number of hydrazone groups is 1. The van der Waals surface area contributed by atoms with Crippen molar-refractivity contribution in [1.29, 1.82) is 0 Å². The maximum atomic E-state index is 13.7. The molecule has 0 amide bonds. The molecular weight excluding hydrogens is 323 g/mol. The number of hydrogen-bond acceptors (Lipinski definition) is 2. The summed E-state index contributed by atoms with van der Waals surface area (Å²) in [5.74, 6) is -0.252. The summed E-state index contributed by atoms with van der Waals surface area (Å²) >= 11 is 0. The van der Waals surface area contributed by atoms with Gasteiger partial charge in [-0.15, -0.1) is 0 Å². The normalized spacial score (nSPS) is 16.9. The Bertz CT molecular complexity index is 933. The SMILES string of the molecule is Fc1cccc(N2N=C(/C=C/c3ccccc3)CC2c2ccccc2)c1. The van der Waals surface area contributed by atoms with Crippen LogP contribution in [0.4, 0.5) is 10.1 Å². The van der Waals surface area contributed by atoms with Crippen molar-refractivity contribution in [2.75, 3.05) is 5.01 Å². The first-order valence-corrected chi connectivity index (χ1v) is 8.70. The lowest BCUT2D eigenvalue weighted by atomic mass is 10.0. The number of benzene rings is 3. The fourth-order valence-electron chi connectivity index (χ4n) is 3.18. The van der Waals surface area contributed by atoms with Crippen LogP contribution in [-0.4, -0.2) is 5.71 Å². The maximum Gasteiger partial charge on any atom is 0.125 e. The first-order valence-electron chi connectivity index (χ1n) is 8.70. The Morgan fingerprint density at radius 2 is 1.58 bits per heavy atom. The third kappa shape index (κ3) is 3.57. The molecule has 3 aromatic rings. The van der Waals surface area contributed by atoms with Crippen LogP contribution in [0.5, 0.6) is 0 Å². The van der Waals surface area contributed by atoms with Gasteiger partial charge in [0.15, 0.2) is 0 Å². The summed E-state index contributed by atoms with van der Waals surface area (Å²) in [5, 5.41) is 6.69. The average molecular weight is 342 g/mol. The Morgan fingerprint density at radius 1 is 0.846 bits per heavy atom. The highest BCUT2D eigenvalue weighted by molar-refractivity contribution is 6.01. The lowest BCUT2D eigenvalue weighted by Crippen LogP contribution is -2.18. The predicted molar refractivity (Wildman–Crippen MR) is 106 cm³/mol. The van der Waals surface area contributed by atoms with Gasteiger partial charge in [-0.05, 0) is 35.4 Å². The van der Waals surface area contributed by atoms with Crippen molar-refractivity contribution in [2.24, 2.45) is 5.10 Å². The Morgan fingerprint density at radius 3 is 2.31 bits per heavy atom. The molecule has 4 rings (SSSR count). The molecule has 26 heavy (non-hydrogen) atoms. The minimum Gasteiger partial charge on any atom is -0.257 e. The first-order chi connectivity index (χ1) is 12.8. The quantitative estimate of drug-likeness (QED) is 0.581. The third-order valence-corrected chi connectivity index (χ3v) is 4.46. The number of anilines is 1. The zero-order valence-corrected chi connectivity index (χ0v) is 14.3. The topological polar surface area (TPSA) is 15.6 Å². The van der Waals surface area contributed by atoms with Crippen LogP contribution in [0.15, 0.2) is 96.1 Å². The van der Waals surface area contributed by atoms with E-state index in [-0.39, 0.29) is 11.9 Å². The summed E-state index contributed by atoms with van der Waals surface area (Å²) in [7, 11) is 0. The van der Waals surface area contributed by atoms with Crippen molar-refractivity contribution in [2.45, 2.75) is 12.5 Å². The van der Waals surface area contributed by atoms with Gasteiger partial charge in [0.25, 0.3) is 0 Å². The summed E-state index contributed by atoms with van der Waals surface area (Å²) in [6.07, 6.45) is 4.89. The van der Waals surface area contributed by atoms with Crippen molar-refractivity contribution in [1.82, 2.24) is 0 Å². The van der Waals surface area contributed by atoms with Gasteiger partial charge in [-0.3, -0.25) is 5.01 Å². The Labute approximate surface area is 152 Å². The average Bonchev–Trinajstić information content (AvgIpc) is 3.12. The molecule has 1 aliphatic rings. The second kappa shape index (κ2) is 7.36. The molecule has 0 aromatic heterocycles. The minimum absolute atomic E-state index is 0.0634. The Hall–Kier alpha value is -3.20. The molecule has 0 bridgehead atoms. The molecule has 3 heteroatoms. The van der Waals surface area contributed by atoms with Gasteiger partial charge < -0.3 is 0 Å². The molecule has 1 unspecified atom stereocenters. The lowest BCUT2D eigenvalue weighted by Gasteiger charge is -2.24. The van der Waals surface area contributed by atoms with Gasteiger partial charge in [-0.25, -0.2) is 4.39 Å². The van der Waals surface area contributed by atoms with E-state index in [0.29, 0.717) is 0 Å². The van der Waals surface area contributed by atoms with Gasteiger partial charge in [0.1, 0.15) is 5.82 Å². The second-order valence-corrected chi connectivity index (χ2v) is 6.29. The molecule has 0 radical (unpaired) electrons. The largest absolute Gasteiger partial charge is 0.257 e. The molecule has 0 saturated carbocycles. The predicted octanol–water partition coefficient (Wildman–Crippen LogP) is 5.85. The van der Waals surface area contributed by atoms with Crippen LogP contribution in [0.2, 0.25) is 0 Å². The van der Waals surface area contributed by atoms with Gasteiger partial charge in [0, 0.05) is 6.42 Å². The Balaban J connectivity index is 1.66. The molecule has 3 aromatic carbocycles. The van der Waals surface area contributed by atoms with Crippen molar-refractivity contribution >= 4 is 17.5 Å². The summed E-state index contributed by atoms with van der Waals surface area (Å²) in [4.78, 5) is 0. The highest BCUT2D eigenvalue weighted by Gasteiger charge is 2.28. The molecule has 2 nitrogen and oxygen atoms in total. The highest BCUT2D eigenvalue weighted by atomic mass is 19.1. The van der Waals surface area contributed by atoms with E-state index >= 15 is 0 Å². The van der Waals surface area contributed by atoms with Crippen LogP contribution in [0.3, 0.4) is 0 Å². The smallest absolute Gasteiger partial charge is 0.125 e. The van der Waals surface area contributed by atoms with Crippen LogP contribution in [0, 0.1) is 5.82 Å². The van der Waals surface area contributed by atoms with Crippen LogP contribution >= 0.6 is 0 Å². The van der Waals surface area contributed by atoms with E-state index in [9.17, 15) is 4.39 Å². The number of allylic oxidation sites excluding steroid dienone is 1. The van der Waals surface area contributed by atoms with E-state index in [1.807, 2.05) is 53.5 Å². The fourth-order valence-corrected chi connectivity index (χ4v) is 3.18. The molecule has 0 saturated heterocycles. The van der Waals surface area contributed by atoms with Crippen LogP contribution in [-0.2, 0) is 0 Å². The van der Waals surface area contributed by atoms with Crippen molar-refractivity contribution < 1.29 is 4.39 Å². The minimum atomic E-state index is -0.252. The van der Waals surface area contributed by atoms with E-state index in [0.717, 1.165) is 23.4 Å². The van der Waals surface area contributed by atoms with Crippen molar-refractivity contribution in [3.05, 3.63) is 108 Å². The maximum absolute atomic E-state index is 13.7. The molecule has 0 aliphatic carbocycles. The molecule has 128 valence electrons. The fraction of sp³-hybridized carbons (Fsp3) is 0.0870. The summed E-state index contributed by atoms with van der Waals surface area (Å²) < 4.78 is 13.7. The van der Waals surface area contributed by atoms with E-state index in [1.165, 1.54) is 17.7 Å². The van der Waals surface area contributed by atoms with Crippen molar-refractivity contribution in [3.8, 4) is 0 Å². The molecular formula is C23H19FN2. The monoisotopic (exact) mass is 342 g/mol. The molecule has 1 atom stereocenters. The van der Waals surface area contributed by atoms with Gasteiger partial charge >= 0.3 is 0 Å². The lowest BCUT2D eigenvalue weighted by molar-refractivity contribution is 0.624. The number of hydrogen-bond donors (Lipinski definition) is 0. The van der Waals surface area contributed by atoms with Gasteiger partial charge in [-0.1, -0.05) is 72.8 Å². The molecule has 1 aliphatic heterocycles. The van der Waals surface area contributed by atoms with Gasteiger partial charge in [0.2, 0.25) is 0 Å². The zero-order chi connectivity index (χ0) is 17.8. The van der Waals surface area contributed by atoms with Gasteiger partial charge in [0.05, 0.1) is 17.4 Å². The first kappa shape index (κ1) is 16.3. The number of rotatable bonds is 4. The molecule has 0 N–H and O–H groups in total. The zero-order valence-electron chi connectivity index (χ0n) is 14.3. The number of nitrogens with zero attached hydrogens (tertiary/aromatic N) is 2. The van der Waals surface area contributed by atoms with E-state index in [2.05, 4.69) is 30.3 Å². The Kier molecular flexibility index (Phi) is 4.61. The summed E-state index contributed by atoms with van der Waals surface area (Å²) in [5.41, 5.74) is 4.05. The van der Waals surface area contributed by atoms with Crippen molar-refractivity contribution in [3.63, 3.8) is 0 Å². The third-order valence-electron chi connectivity index (χ3n) is 4.46. The highest BCUT2D eigenvalue weighted by Crippen LogP contribution is 2.35. The van der Waals surface area contributed by atoms with Crippen LogP contribution in [0.1, 0.15) is 23.6 Å². The van der Waals surface area contributed by atoms with E-state index in [1.54, 1.807) is 6.07 Å². The summed E-state index contributed by atoms with van der Waals surface area (Å²) in [6.45, 7) is 0.